The number of rotatable bonds is 4. The van der Waals surface area contributed by atoms with Gasteiger partial charge in [0, 0.05) is 22.6 Å². The van der Waals surface area contributed by atoms with Gasteiger partial charge in [-0.2, -0.15) is 0 Å². The number of halogens is 2. The Morgan fingerprint density at radius 1 is 1.30 bits per heavy atom. The van der Waals surface area contributed by atoms with E-state index in [-0.39, 0.29) is 24.0 Å². The van der Waals surface area contributed by atoms with Crippen molar-refractivity contribution in [3.05, 3.63) is 52.3 Å². The molecule has 4 rings (SSSR count). The van der Waals surface area contributed by atoms with Crippen molar-refractivity contribution in [2.45, 2.75) is 57.7 Å². The van der Waals surface area contributed by atoms with Crippen LogP contribution in [0.1, 0.15) is 51.1 Å². The summed E-state index contributed by atoms with van der Waals surface area (Å²) in [6, 6.07) is 10.3. The van der Waals surface area contributed by atoms with Gasteiger partial charge in [-0.05, 0) is 53.7 Å². The highest BCUT2D eigenvalue weighted by Gasteiger charge is 2.40. The number of ether oxygens (including phenoxy) is 2. The summed E-state index contributed by atoms with van der Waals surface area (Å²) >= 11 is 3.52. The number of anilines is 1. The minimum absolute atomic E-state index is 0.0905. The molecule has 30 heavy (non-hydrogen) atoms. The molecular weight excluding hydrogens is 451 g/mol. The summed E-state index contributed by atoms with van der Waals surface area (Å²) < 4.78 is 26.5. The Hall–Kier alpha value is -2.28. The summed E-state index contributed by atoms with van der Waals surface area (Å²) in [5, 5.41) is 3.10. The summed E-state index contributed by atoms with van der Waals surface area (Å²) in [7, 11) is 0. The number of carbonyl (C=O) groups is 1. The highest BCUT2D eigenvalue weighted by Crippen LogP contribution is 2.50. The molecule has 2 aliphatic rings. The molecule has 1 amide bonds. The van der Waals surface area contributed by atoms with E-state index in [2.05, 4.69) is 26.1 Å². The quantitative estimate of drug-likeness (QED) is 0.560. The third-order valence-electron chi connectivity index (χ3n) is 5.86. The topological polar surface area (TPSA) is 50.8 Å². The fourth-order valence-electron chi connectivity index (χ4n) is 4.41. The molecule has 2 aliphatic heterocycles. The standard InChI is InChI=1S/C23H26BrFN2O3/c1-3-15(4-2)29-23(28)26-18-9-7-11-27-21(18)16-8-5-6-10-19(16)30-20-13-14(25)12-17(24)22(20)27/h5-6,8,10,12-13,15,18,21H,3-4,7,9,11H2,1-2H3,(H,26,28). The van der Waals surface area contributed by atoms with E-state index in [4.69, 9.17) is 9.47 Å². The van der Waals surface area contributed by atoms with Crippen LogP contribution in [0.3, 0.4) is 0 Å². The lowest BCUT2D eigenvalue weighted by Gasteiger charge is -2.42. The van der Waals surface area contributed by atoms with Gasteiger partial charge >= 0.3 is 6.09 Å². The average molecular weight is 477 g/mol. The first-order chi connectivity index (χ1) is 14.5. The smallest absolute Gasteiger partial charge is 0.407 e. The van der Waals surface area contributed by atoms with E-state index >= 15 is 0 Å². The number of carbonyl (C=O) groups excluding carboxylic acids is 1. The number of hydrogen-bond acceptors (Lipinski definition) is 4. The Morgan fingerprint density at radius 2 is 2.07 bits per heavy atom. The Bertz CT molecular complexity index is 935. The number of hydrogen-bond donors (Lipinski definition) is 1. The van der Waals surface area contributed by atoms with Crippen LogP contribution < -0.4 is 15.0 Å². The van der Waals surface area contributed by atoms with Gasteiger partial charge in [-0.25, -0.2) is 9.18 Å². The van der Waals surface area contributed by atoms with Crippen molar-refractivity contribution in [1.29, 1.82) is 0 Å². The Labute approximate surface area is 184 Å². The lowest BCUT2D eigenvalue weighted by Crippen LogP contribution is -2.50. The summed E-state index contributed by atoms with van der Waals surface area (Å²) in [5.41, 5.74) is 1.77. The zero-order valence-electron chi connectivity index (χ0n) is 17.2. The van der Waals surface area contributed by atoms with Crippen LogP contribution in [0.2, 0.25) is 0 Å². The molecule has 2 aromatic rings. The minimum atomic E-state index is -0.392. The maximum atomic E-state index is 14.1. The van der Waals surface area contributed by atoms with Gasteiger partial charge in [0.1, 0.15) is 17.7 Å². The maximum Gasteiger partial charge on any atom is 0.407 e. The molecule has 0 bridgehead atoms. The fraction of sp³-hybridized carbons (Fsp3) is 0.435. The average Bonchev–Trinajstić information content (AvgIpc) is 2.86. The Kier molecular flexibility index (Phi) is 6.18. The van der Waals surface area contributed by atoms with Crippen molar-refractivity contribution in [3.8, 4) is 11.5 Å². The first-order valence-electron chi connectivity index (χ1n) is 10.5. The van der Waals surface area contributed by atoms with Crippen molar-refractivity contribution in [2.75, 3.05) is 11.4 Å². The Morgan fingerprint density at radius 3 is 2.83 bits per heavy atom. The van der Waals surface area contributed by atoms with Gasteiger partial charge in [-0.15, -0.1) is 0 Å². The molecule has 160 valence electrons. The van der Waals surface area contributed by atoms with Crippen LogP contribution in [0, 0.1) is 5.82 Å². The zero-order valence-corrected chi connectivity index (χ0v) is 18.7. The number of piperidine rings is 1. The highest BCUT2D eigenvalue weighted by molar-refractivity contribution is 9.10. The SMILES string of the molecule is CCC(CC)OC(=O)NC1CCCN2c3c(Br)cc(F)cc3Oc3ccccc3C12. The lowest BCUT2D eigenvalue weighted by atomic mass is 9.89. The normalized spacial score (nSPS) is 19.8. The molecule has 0 aliphatic carbocycles. The van der Waals surface area contributed by atoms with Crippen molar-refractivity contribution < 1.29 is 18.7 Å². The third-order valence-corrected chi connectivity index (χ3v) is 6.46. The predicted molar refractivity (Wildman–Crippen MR) is 118 cm³/mol. The minimum Gasteiger partial charge on any atom is -0.455 e. The van der Waals surface area contributed by atoms with E-state index in [1.54, 1.807) is 0 Å². The molecule has 1 N–H and O–H groups in total. The first-order valence-corrected chi connectivity index (χ1v) is 11.3. The maximum absolute atomic E-state index is 14.1. The molecule has 1 fully saturated rings. The highest BCUT2D eigenvalue weighted by atomic mass is 79.9. The van der Waals surface area contributed by atoms with Gasteiger partial charge in [0.05, 0.1) is 17.8 Å². The van der Waals surface area contributed by atoms with Gasteiger partial charge in [0.25, 0.3) is 0 Å². The molecule has 2 heterocycles. The number of para-hydroxylation sites is 1. The number of nitrogens with zero attached hydrogens (tertiary/aromatic N) is 1. The van der Waals surface area contributed by atoms with E-state index in [0.717, 1.165) is 43.5 Å². The van der Waals surface area contributed by atoms with E-state index in [1.165, 1.54) is 12.1 Å². The molecule has 2 aromatic carbocycles. The molecule has 7 heteroatoms. The molecule has 0 saturated carbocycles. The van der Waals surface area contributed by atoms with Crippen LogP contribution in [0.15, 0.2) is 40.9 Å². The van der Waals surface area contributed by atoms with Crippen LogP contribution in [0.5, 0.6) is 11.5 Å². The van der Waals surface area contributed by atoms with Crippen LogP contribution in [0.25, 0.3) is 0 Å². The van der Waals surface area contributed by atoms with Gasteiger partial charge in [-0.3, -0.25) is 0 Å². The monoisotopic (exact) mass is 476 g/mol. The van der Waals surface area contributed by atoms with Crippen LogP contribution in [0.4, 0.5) is 14.9 Å². The summed E-state index contributed by atoms with van der Waals surface area (Å²) in [6.45, 7) is 4.80. The van der Waals surface area contributed by atoms with E-state index in [1.807, 2.05) is 38.1 Å². The molecule has 2 atom stereocenters. The number of alkyl carbamates (subject to hydrolysis) is 1. The molecule has 2 unspecified atom stereocenters. The number of amides is 1. The van der Waals surface area contributed by atoms with Crippen molar-refractivity contribution in [2.24, 2.45) is 0 Å². The largest absolute Gasteiger partial charge is 0.455 e. The van der Waals surface area contributed by atoms with Crippen LogP contribution in [-0.2, 0) is 4.74 Å². The van der Waals surface area contributed by atoms with Gasteiger partial charge in [0.15, 0.2) is 5.75 Å². The predicted octanol–water partition coefficient (Wildman–Crippen LogP) is 6.32. The summed E-state index contributed by atoms with van der Waals surface area (Å²) in [6.07, 6.45) is 2.79. The second-order valence-electron chi connectivity index (χ2n) is 7.75. The molecule has 1 saturated heterocycles. The first kappa shape index (κ1) is 21.0. The summed E-state index contributed by atoms with van der Waals surface area (Å²) in [5.74, 6) is 0.778. The third kappa shape index (κ3) is 4.00. The van der Waals surface area contributed by atoms with Crippen molar-refractivity contribution in [1.82, 2.24) is 5.32 Å². The van der Waals surface area contributed by atoms with Gasteiger partial charge in [-0.1, -0.05) is 32.0 Å². The fourth-order valence-corrected chi connectivity index (χ4v) is 5.05. The number of fused-ring (bicyclic) bond motifs is 5. The van der Waals surface area contributed by atoms with Gasteiger partial charge in [0.2, 0.25) is 0 Å². The van der Waals surface area contributed by atoms with E-state index < -0.39 is 6.09 Å². The zero-order chi connectivity index (χ0) is 21.3. The van der Waals surface area contributed by atoms with E-state index in [9.17, 15) is 9.18 Å². The molecule has 5 nitrogen and oxygen atoms in total. The molecule has 0 aromatic heterocycles. The van der Waals surface area contributed by atoms with Crippen LogP contribution in [-0.4, -0.2) is 24.8 Å². The molecule has 0 radical (unpaired) electrons. The van der Waals surface area contributed by atoms with Gasteiger partial charge < -0.3 is 19.7 Å². The molecular formula is C23H26BrFN2O3. The second kappa shape index (κ2) is 8.84. The lowest BCUT2D eigenvalue weighted by molar-refractivity contribution is 0.0875. The Balaban J connectivity index is 1.73. The van der Waals surface area contributed by atoms with Crippen molar-refractivity contribution in [3.63, 3.8) is 0 Å². The summed E-state index contributed by atoms with van der Waals surface area (Å²) in [4.78, 5) is 14.8. The van der Waals surface area contributed by atoms with E-state index in [0.29, 0.717) is 16.0 Å². The van der Waals surface area contributed by atoms with Crippen molar-refractivity contribution >= 4 is 27.7 Å². The molecule has 0 spiro atoms. The second-order valence-corrected chi connectivity index (χ2v) is 8.60. The number of nitrogens with one attached hydrogen (secondary N) is 1. The number of benzene rings is 2. The van der Waals surface area contributed by atoms with Crippen LogP contribution >= 0.6 is 15.9 Å².